The van der Waals surface area contributed by atoms with Crippen molar-refractivity contribution >= 4 is 23.5 Å². The van der Waals surface area contributed by atoms with Crippen molar-refractivity contribution in [1.82, 2.24) is 5.32 Å². The summed E-state index contributed by atoms with van der Waals surface area (Å²) in [7, 11) is 1.35. The molecule has 1 aromatic rings. The van der Waals surface area contributed by atoms with E-state index in [0.29, 0.717) is 37.3 Å². The van der Waals surface area contributed by atoms with E-state index >= 15 is 0 Å². The fraction of sp³-hybridized carbons (Fsp3) is 0.545. The molecule has 0 unspecified atom stereocenters. The molecule has 1 fully saturated rings. The van der Waals surface area contributed by atoms with Crippen molar-refractivity contribution in [2.24, 2.45) is 0 Å². The quantitative estimate of drug-likeness (QED) is 0.580. The number of carbonyl (C=O) groups excluding carboxylic acids is 2. The standard InChI is InChI=1S/C22H28ClNO4/c1-5-7-16-12-15(3)18(19(23)13-16)14-20(25)24-22(21(26)27-4)10-8-17(9-11-22)28-6-2/h12-13,17H,6,8-11,14H2,1-4H3,(H,24,25). The normalized spacial score (nSPS) is 21.4. The van der Waals surface area contributed by atoms with Gasteiger partial charge in [0.15, 0.2) is 0 Å². The Morgan fingerprint density at radius 3 is 2.54 bits per heavy atom. The zero-order chi connectivity index (χ0) is 20.7. The lowest BCUT2D eigenvalue weighted by atomic mass is 9.80. The second-order valence-corrected chi connectivity index (χ2v) is 7.49. The van der Waals surface area contributed by atoms with E-state index in [1.807, 2.05) is 19.9 Å². The molecule has 28 heavy (non-hydrogen) atoms. The van der Waals surface area contributed by atoms with Crippen LogP contribution < -0.4 is 5.32 Å². The van der Waals surface area contributed by atoms with Gasteiger partial charge < -0.3 is 14.8 Å². The Morgan fingerprint density at radius 1 is 1.32 bits per heavy atom. The molecule has 5 nitrogen and oxygen atoms in total. The molecule has 0 spiro atoms. The minimum atomic E-state index is -1.01. The van der Waals surface area contributed by atoms with E-state index in [1.165, 1.54) is 7.11 Å². The topological polar surface area (TPSA) is 64.6 Å². The number of ether oxygens (including phenoxy) is 2. The summed E-state index contributed by atoms with van der Waals surface area (Å²) in [6.07, 6.45) is 2.60. The summed E-state index contributed by atoms with van der Waals surface area (Å²) in [5.41, 5.74) is 1.44. The molecule has 0 aromatic heterocycles. The van der Waals surface area contributed by atoms with Crippen LogP contribution in [0, 0.1) is 18.8 Å². The maximum atomic E-state index is 12.8. The first-order chi connectivity index (χ1) is 13.3. The molecule has 0 saturated heterocycles. The highest BCUT2D eigenvalue weighted by Gasteiger charge is 2.44. The molecule has 1 aliphatic rings. The molecule has 0 heterocycles. The number of benzene rings is 1. The number of amides is 1. The number of nitrogens with one attached hydrogen (secondary N) is 1. The largest absolute Gasteiger partial charge is 0.467 e. The Hall–Kier alpha value is -2.03. The third-order valence-electron chi connectivity index (χ3n) is 5.17. The van der Waals surface area contributed by atoms with Gasteiger partial charge in [-0.05, 0) is 69.7 Å². The molecule has 6 heteroatoms. The van der Waals surface area contributed by atoms with Gasteiger partial charge in [0, 0.05) is 17.2 Å². The second kappa shape index (κ2) is 9.95. The summed E-state index contributed by atoms with van der Waals surface area (Å²) in [6.45, 7) is 6.25. The average molecular weight is 406 g/mol. The summed E-state index contributed by atoms with van der Waals surface area (Å²) in [6, 6.07) is 3.67. The van der Waals surface area contributed by atoms with Crippen LogP contribution >= 0.6 is 11.6 Å². The number of aryl methyl sites for hydroxylation is 1. The number of rotatable bonds is 6. The highest BCUT2D eigenvalue weighted by atomic mass is 35.5. The first-order valence-corrected chi connectivity index (χ1v) is 9.95. The monoisotopic (exact) mass is 405 g/mol. The maximum absolute atomic E-state index is 12.8. The molecule has 0 aliphatic heterocycles. The first kappa shape index (κ1) is 22.3. The molecule has 0 atom stereocenters. The molecule has 2 rings (SSSR count). The van der Waals surface area contributed by atoms with Crippen LogP contribution in [-0.4, -0.2) is 37.2 Å². The van der Waals surface area contributed by atoms with Gasteiger partial charge in [0.2, 0.25) is 5.91 Å². The van der Waals surface area contributed by atoms with Crippen molar-refractivity contribution < 1.29 is 19.1 Å². The van der Waals surface area contributed by atoms with E-state index in [9.17, 15) is 9.59 Å². The zero-order valence-corrected chi connectivity index (χ0v) is 17.7. The smallest absolute Gasteiger partial charge is 0.331 e. The highest BCUT2D eigenvalue weighted by molar-refractivity contribution is 6.31. The lowest BCUT2D eigenvalue weighted by Crippen LogP contribution is -2.57. The van der Waals surface area contributed by atoms with E-state index in [-0.39, 0.29) is 18.4 Å². The highest BCUT2D eigenvalue weighted by Crippen LogP contribution is 2.32. The molecule has 0 radical (unpaired) electrons. The van der Waals surface area contributed by atoms with E-state index in [2.05, 4.69) is 17.2 Å². The SMILES string of the molecule is CC#Cc1cc(C)c(CC(=O)NC2(C(=O)OC)CCC(OCC)CC2)c(Cl)c1. The molecule has 1 amide bonds. The van der Waals surface area contributed by atoms with E-state index in [0.717, 1.165) is 16.7 Å². The van der Waals surface area contributed by atoms with Crippen molar-refractivity contribution in [3.05, 3.63) is 33.8 Å². The number of carbonyl (C=O) groups is 2. The van der Waals surface area contributed by atoms with Crippen LogP contribution in [0.15, 0.2) is 12.1 Å². The van der Waals surface area contributed by atoms with Crippen molar-refractivity contribution in [1.29, 1.82) is 0 Å². The van der Waals surface area contributed by atoms with E-state index in [4.69, 9.17) is 21.1 Å². The summed E-state index contributed by atoms with van der Waals surface area (Å²) in [4.78, 5) is 25.3. The minimum absolute atomic E-state index is 0.0954. The number of halogens is 1. The molecular weight excluding hydrogens is 378 g/mol. The van der Waals surface area contributed by atoms with Crippen LogP contribution in [0.2, 0.25) is 5.02 Å². The van der Waals surface area contributed by atoms with Gasteiger partial charge in [-0.25, -0.2) is 4.79 Å². The number of methoxy groups -OCH3 is 1. The van der Waals surface area contributed by atoms with Gasteiger partial charge in [-0.1, -0.05) is 17.5 Å². The Bertz CT molecular complexity index is 762. The van der Waals surface area contributed by atoms with Gasteiger partial charge in [-0.2, -0.15) is 0 Å². The van der Waals surface area contributed by atoms with Crippen molar-refractivity contribution in [3.63, 3.8) is 0 Å². The Labute approximate surface area is 172 Å². The Balaban J connectivity index is 2.15. The van der Waals surface area contributed by atoms with E-state index < -0.39 is 11.5 Å². The first-order valence-electron chi connectivity index (χ1n) is 9.58. The van der Waals surface area contributed by atoms with Crippen LogP contribution in [0.4, 0.5) is 0 Å². The van der Waals surface area contributed by atoms with Crippen molar-refractivity contribution in [3.8, 4) is 11.8 Å². The predicted octanol–water partition coefficient (Wildman–Crippen LogP) is 3.57. The third kappa shape index (κ3) is 5.27. The summed E-state index contributed by atoms with van der Waals surface area (Å²) >= 11 is 6.38. The van der Waals surface area contributed by atoms with Gasteiger partial charge >= 0.3 is 5.97 Å². The number of hydrogen-bond donors (Lipinski definition) is 1. The zero-order valence-electron chi connectivity index (χ0n) is 17.0. The van der Waals surface area contributed by atoms with Crippen molar-refractivity contribution in [2.45, 2.75) is 64.5 Å². The molecular formula is C22H28ClNO4. The third-order valence-corrected chi connectivity index (χ3v) is 5.51. The second-order valence-electron chi connectivity index (χ2n) is 7.08. The number of esters is 1. The van der Waals surface area contributed by atoms with Gasteiger partial charge in [-0.3, -0.25) is 4.79 Å². The molecule has 1 saturated carbocycles. The van der Waals surface area contributed by atoms with E-state index in [1.54, 1.807) is 13.0 Å². The van der Waals surface area contributed by atoms with Crippen LogP contribution in [0.25, 0.3) is 0 Å². The molecule has 1 aromatic carbocycles. The molecule has 152 valence electrons. The van der Waals surface area contributed by atoms with Crippen LogP contribution in [0.5, 0.6) is 0 Å². The molecule has 0 bridgehead atoms. The van der Waals surface area contributed by atoms with Crippen molar-refractivity contribution in [2.75, 3.05) is 13.7 Å². The van der Waals surface area contributed by atoms with Crippen LogP contribution in [0.1, 0.15) is 56.2 Å². The van der Waals surface area contributed by atoms with Gasteiger partial charge in [-0.15, -0.1) is 5.92 Å². The van der Waals surface area contributed by atoms with Gasteiger partial charge in [0.25, 0.3) is 0 Å². The summed E-state index contributed by atoms with van der Waals surface area (Å²) in [5, 5.41) is 3.43. The Kier molecular flexibility index (Phi) is 7.91. The summed E-state index contributed by atoms with van der Waals surface area (Å²) in [5.74, 6) is 5.15. The maximum Gasteiger partial charge on any atom is 0.331 e. The number of hydrogen-bond acceptors (Lipinski definition) is 4. The van der Waals surface area contributed by atoms with Gasteiger partial charge in [0.05, 0.1) is 19.6 Å². The fourth-order valence-electron chi connectivity index (χ4n) is 3.75. The predicted molar refractivity (Wildman–Crippen MR) is 109 cm³/mol. The summed E-state index contributed by atoms with van der Waals surface area (Å²) < 4.78 is 10.7. The lowest BCUT2D eigenvalue weighted by molar-refractivity contribution is -0.154. The molecule has 1 N–H and O–H groups in total. The van der Waals surface area contributed by atoms with Gasteiger partial charge in [0.1, 0.15) is 5.54 Å². The molecule has 1 aliphatic carbocycles. The Morgan fingerprint density at radius 2 is 2.00 bits per heavy atom. The average Bonchev–Trinajstić information content (AvgIpc) is 2.66. The van der Waals surface area contributed by atoms with Crippen LogP contribution in [-0.2, 0) is 25.5 Å². The lowest BCUT2D eigenvalue weighted by Gasteiger charge is -2.38. The fourth-order valence-corrected chi connectivity index (χ4v) is 4.08. The minimum Gasteiger partial charge on any atom is -0.467 e. The van der Waals surface area contributed by atoms with Crippen LogP contribution in [0.3, 0.4) is 0 Å².